The maximum absolute atomic E-state index is 5.95. The lowest BCUT2D eigenvalue weighted by Gasteiger charge is -2.26. The van der Waals surface area contributed by atoms with E-state index in [0.29, 0.717) is 6.04 Å². The minimum Gasteiger partial charge on any atom is -0.339 e. The third-order valence-corrected chi connectivity index (χ3v) is 5.33. The van der Waals surface area contributed by atoms with E-state index >= 15 is 0 Å². The molecule has 1 saturated heterocycles. The summed E-state index contributed by atoms with van der Waals surface area (Å²) >= 11 is 0. The Morgan fingerprint density at radius 2 is 2.00 bits per heavy atom. The van der Waals surface area contributed by atoms with Crippen molar-refractivity contribution in [3.8, 4) is 11.3 Å². The smallest absolute Gasteiger partial charge is 0.225 e. The number of hydrogen-bond donors (Lipinski definition) is 1. The van der Waals surface area contributed by atoms with Crippen LogP contribution in [0, 0.1) is 0 Å². The van der Waals surface area contributed by atoms with Crippen LogP contribution in [0.4, 0.5) is 5.95 Å². The second kappa shape index (κ2) is 7.62. The Hall–Kier alpha value is -2.50. The molecular formula is C22H27N5. The maximum Gasteiger partial charge on any atom is 0.225 e. The van der Waals surface area contributed by atoms with Crippen LogP contribution in [-0.4, -0.2) is 53.6 Å². The van der Waals surface area contributed by atoms with Crippen LogP contribution in [-0.2, 0) is 0 Å². The zero-order valence-corrected chi connectivity index (χ0v) is 16.0. The van der Waals surface area contributed by atoms with Crippen molar-refractivity contribution >= 4 is 16.7 Å². The maximum atomic E-state index is 5.95. The van der Waals surface area contributed by atoms with Crippen LogP contribution in [0.1, 0.15) is 13.3 Å². The highest BCUT2D eigenvalue weighted by Gasteiger charge is 2.27. The van der Waals surface area contributed by atoms with E-state index < -0.39 is 0 Å². The van der Waals surface area contributed by atoms with E-state index in [-0.39, 0.29) is 6.04 Å². The molecule has 2 unspecified atom stereocenters. The fourth-order valence-corrected chi connectivity index (χ4v) is 3.90. The number of fused-ring (bicyclic) bond motifs is 1. The largest absolute Gasteiger partial charge is 0.339 e. The van der Waals surface area contributed by atoms with Crippen LogP contribution >= 0.6 is 0 Å². The van der Waals surface area contributed by atoms with Crippen molar-refractivity contribution in [2.75, 3.05) is 31.6 Å². The van der Waals surface area contributed by atoms with Crippen LogP contribution in [0.3, 0.4) is 0 Å². The molecule has 3 aromatic rings. The van der Waals surface area contributed by atoms with E-state index in [2.05, 4.69) is 71.2 Å². The number of aromatic nitrogens is 2. The molecule has 1 fully saturated rings. The highest BCUT2D eigenvalue weighted by molar-refractivity contribution is 5.86. The molecular weight excluding hydrogens is 334 g/mol. The van der Waals surface area contributed by atoms with Crippen LogP contribution in [0.2, 0.25) is 0 Å². The van der Waals surface area contributed by atoms with Gasteiger partial charge in [-0.15, -0.1) is 0 Å². The quantitative estimate of drug-likeness (QED) is 0.756. The average Bonchev–Trinajstić information content (AvgIpc) is 3.18. The van der Waals surface area contributed by atoms with Crippen LogP contribution in [0.25, 0.3) is 22.0 Å². The molecule has 2 N–H and O–H groups in total. The highest BCUT2D eigenvalue weighted by atomic mass is 15.3. The van der Waals surface area contributed by atoms with Crippen molar-refractivity contribution in [2.24, 2.45) is 5.73 Å². The number of nitrogens with two attached hydrogens (primary N) is 1. The van der Waals surface area contributed by atoms with Crippen molar-refractivity contribution in [3.05, 3.63) is 54.7 Å². The summed E-state index contributed by atoms with van der Waals surface area (Å²) in [6, 6.07) is 17.6. The van der Waals surface area contributed by atoms with Gasteiger partial charge in [0.15, 0.2) is 0 Å². The van der Waals surface area contributed by atoms with Crippen LogP contribution in [0.15, 0.2) is 54.7 Å². The van der Waals surface area contributed by atoms with Gasteiger partial charge in [0, 0.05) is 43.5 Å². The lowest BCUT2D eigenvalue weighted by atomic mass is 10.1. The second-order valence-electron chi connectivity index (χ2n) is 7.61. The van der Waals surface area contributed by atoms with Crippen molar-refractivity contribution in [3.63, 3.8) is 0 Å². The Kier molecular flexibility index (Phi) is 5.05. The molecule has 1 aromatic heterocycles. The lowest BCUT2D eigenvalue weighted by Crippen LogP contribution is -2.41. The van der Waals surface area contributed by atoms with Gasteiger partial charge in [0.05, 0.1) is 5.69 Å². The summed E-state index contributed by atoms with van der Waals surface area (Å²) < 4.78 is 0. The Balaban J connectivity index is 1.54. The first-order valence-corrected chi connectivity index (χ1v) is 9.63. The van der Waals surface area contributed by atoms with E-state index in [9.17, 15) is 0 Å². The zero-order chi connectivity index (χ0) is 18.8. The Morgan fingerprint density at radius 1 is 1.19 bits per heavy atom. The minimum absolute atomic E-state index is 0.191. The number of hydrogen-bond acceptors (Lipinski definition) is 5. The minimum atomic E-state index is 0.191. The van der Waals surface area contributed by atoms with E-state index in [4.69, 9.17) is 10.7 Å². The predicted octanol–water partition coefficient (Wildman–Crippen LogP) is 3.15. The van der Waals surface area contributed by atoms with Crippen molar-refractivity contribution in [2.45, 2.75) is 25.4 Å². The molecule has 0 amide bonds. The van der Waals surface area contributed by atoms with Crippen LogP contribution < -0.4 is 10.6 Å². The number of benzene rings is 2. The lowest BCUT2D eigenvalue weighted by molar-refractivity contribution is 0.247. The molecule has 5 nitrogen and oxygen atoms in total. The second-order valence-corrected chi connectivity index (χ2v) is 7.61. The van der Waals surface area contributed by atoms with Gasteiger partial charge >= 0.3 is 0 Å². The monoisotopic (exact) mass is 361 g/mol. The summed E-state index contributed by atoms with van der Waals surface area (Å²) in [4.78, 5) is 14.0. The van der Waals surface area contributed by atoms with Gasteiger partial charge in [-0.25, -0.2) is 9.97 Å². The van der Waals surface area contributed by atoms with Gasteiger partial charge in [0.25, 0.3) is 0 Å². The first-order valence-electron chi connectivity index (χ1n) is 9.63. The molecule has 2 heterocycles. The zero-order valence-electron chi connectivity index (χ0n) is 16.0. The molecule has 27 heavy (non-hydrogen) atoms. The molecule has 2 atom stereocenters. The third-order valence-electron chi connectivity index (χ3n) is 5.33. The molecule has 0 saturated carbocycles. The van der Waals surface area contributed by atoms with Gasteiger partial charge in [-0.2, -0.15) is 0 Å². The summed E-state index contributed by atoms with van der Waals surface area (Å²) in [5.74, 6) is 0.817. The molecule has 0 radical (unpaired) electrons. The number of nitrogens with zero attached hydrogens (tertiary/aromatic N) is 4. The van der Waals surface area contributed by atoms with Gasteiger partial charge in [-0.1, -0.05) is 36.4 Å². The number of likely N-dealkylation sites (N-methyl/N-ethyl adjacent to an activating group) is 1. The molecule has 140 valence electrons. The van der Waals surface area contributed by atoms with E-state index in [1.54, 1.807) is 0 Å². The fraction of sp³-hybridized carbons (Fsp3) is 0.364. The molecule has 1 aliphatic heterocycles. The van der Waals surface area contributed by atoms with E-state index in [1.807, 2.05) is 12.3 Å². The average molecular weight is 361 g/mol. The SMILES string of the molecule is CC(N)CN(C)C1CCN(c2nccc(-c3ccc4ccccc4c3)n2)C1. The Labute approximate surface area is 160 Å². The van der Waals surface area contributed by atoms with Gasteiger partial charge in [-0.05, 0) is 43.3 Å². The van der Waals surface area contributed by atoms with Crippen molar-refractivity contribution < 1.29 is 0 Å². The summed E-state index contributed by atoms with van der Waals surface area (Å²) in [5.41, 5.74) is 8.05. The van der Waals surface area contributed by atoms with Gasteiger partial charge in [0.2, 0.25) is 5.95 Å². The van der Waals surface area contributed by atoms with Gasteiger partial charge < -0.3 is 15.5 Å². The van der Waals surface area contributed by atoms with Gasteiger partial charge in [-0.3, -0.25) is 0 Å². The third kappa shape index (κ3) is 3.94. The number of rotatable bonds is 5. The molecule has 0 bridgehead atoms. The summed E-state index contributed by atoms with van der Waals surface area (Å²) in [7, 11) is 2.16. The first kappa shape index (κ1) is 17.9. The van der Waals surface area contributed by atoms with Crippen molar-refractivity contribution in [1.29, 1.82) is 0 Å². The molecule has 5 heteroatoms. The summed E-state index contributed by atoms with van der Waals surface area (Å²) in [6.07, 6.45) is 2.98. The number of anilines is 1. The topological polar surface area (TPSA) is 58.3 Å². The van der Waals surface area contributed by atoms with Crippen LogP contribution in [0.5, 0.6) is 0 Å². The summed E-state index contributed by atoms with van der Waals surface area (Å²) in [6.45, 7) is 4.90. The molecule has 4 rings (SSSR count). The molecule has 1 aliphatic rings. The highest BCUT2D eigenvalue weighted by Crippen LogP contribution is 2.25. The Bertz CT molecular complexity index is 923. The molecule has 2 aromatic carbocycles. The van der Waals surface area contributed by atoms with E-state index in [0.717, 1.165) is 43.3 Å². The summed E-state index contributed by atoms with van der Waals surface area (Å²) in [5, 5.41) is 2.48. The molecule has 0 aliphatic carbocycles. The normalized spacial score (nSPS) is 18.4. The fourth-order valence-electron chi connectivity index (χ4n) is 3.90. The standard InChI is InChI=1S/C22H27N5/c1-16(23)14-26(2)20-10-12-27(15-20)22-24-11-9-21(25-22)19-8-7-17-5-3-4-6-18(17)13-19/h3-9,11,13,16,20H,10,12,14-15,23H2,1-2H3. The first-order chi connectivity index (χ1) is 13.1. The molecule has 0 spiro atoms. The van der Waals surface area contributed by atoms with Gasteiger partial charge in [0.1, 0.15) is 0 Å². The predicted molar refractivity (Wildman–Crippen MR) is 112 cm³/mol. The van der Waals surface area contributed by atoms with E-state index in [1.165, 1.54) is 10.8 Å². The van der Waals surface area contributed by atoms with Crippen molar-refractivity contribution in [1.82, 2.24) is 14.9 Å². The Morgan fingerprint density at radius 3 is 2.81 bits per heavy atom.